The van der Waals surface area contributed by atoms with E-state index in [1.165, 1.54) is 16.7 Å². The Morgan fingerprint density at radius 1 is 0.383 bits per heavy atom. The van der Waals surface area contributed by atoms with Crippen LogP contribution in [0.3, 0.4) is 0 Å². The molecule has 0 radical (unpaired) electrons. The van der Waals surface area contributed by atoms with Crippen LogP contribution in [0, 0.1) is 0 Å². The summed E-state index contributed by atoms with van der Waals surface area (Å²) in [6.45, 7) is 0. The van der Waals surface area contributed by atoms with Gasteiger partial charge in [0.15, 0.2) is 0 Å². The molecule has 0 aliphatic heterocycles. The van der Waals surface area contributed by atoms with Crippen molar-refractivity contribution in [2.45, 2.75) is 0 Å². The maximum Gasteiger partial charge on any atom is 0.143 e. The summed E-state index contributed by atoms with van der Waals surface area (Å²) in [4.78, 5) is 14.1. The Labute approximate surface area is 271 Å². The van der Waals surface area contributed by atoms with Gasteiger partial charge in [-0.15, -0.1) is 0 Å². The molecule has 0 bridgehead atoms. The van der Waals surface area contributed by atoms with Gasteiger partial charge in [-0.25, -0.2) is 4.98 Å². The van der Waals surface area contributed by atoms with Crippen molar-refractivity contribution in [3.05, 3.63) is 164 Å². The maximum absolute atomic E-state index is 6.57. The number of rotatable bonds is 5. The van der Waals surface area contributed by atoms with E-state index in [-0.39, 0.29) is 0 Å². The molecule has 9 rings (SSSR count). The van der Waals surface area contributed by atoms with E-state index in [1.54, 1.807) is 12.4 Å². The van der Waals surface area contributed by atoms with Crippen LogP contribution in [-0.2, 0) is 0 Å². The molecule has 0 aliphatic carbocycles. The molecule has 0 N–H and O–H groups in total. The summed E-state index contributed by atoms with van der Waals surface area (Å²) in [5.74, 6) is 0. The number of hydrogen-bond donors (Lipinski definition) is 0. The minimum absolute atomic E-state index is 0.810. The van der Waals surface area contributed by atoms with Gasteiger partial charge < -0.3 is 4.42 Å². The van der Waals surface area contributed by atoms with Crippen molar-refractivity contribution >= 4 is 32.7 Å². The van der Waals surface area contributed by atoms with Crippen LogP contribution in [0.15, 0.2) is 168 Å². The Bertz CT molecular complexity index is 2480. The van der Waals surface area contributed by atoms with E-state index in [0.29, 0.717) is 0 Å². The fourth-order valence-electron chi connectivity index (χ4n) is 6.58. The van der Waals surface area contributed by atoms with E-state index in [0.717, 1.165) is 72.2 Å². The molecule has 0 amide bonds. The average Bonchev–Trinajstić information content (AvgIpc) is 3.55. The van der Waals surface area contributed by atoms with E-state index in [9.17, 15) is 0 Å². The quantitative estimate of drug-likeness (QED) is 0.197. The van der Waals surface area contributed by atoms with E-state index in [1.807, 2.05) is 36.4 Å². The van der Waals surface area contributed by atoms with Crippen LogP contribution in [0.2, 0.25) is 0 Å². The Balaban J connectivity index is 1.21. The number of fused-ring (bicyclic) bond motifs is 5. The standard InChI is InChI=1S/C43H27N3O/c1-2-11-29(12-3-1)32-15-10-18-41-42(32)36-27-35(33-13-4-5-14-34(33)43(36)47-41)30-21-19-28(20-22-30)31-25-39(37-16-6-8-23-44-37)46-40(26-31)38-17-7-9-24-45-38/h1-27H. The van der Waals surface area contributed by atoms with E-state index in [4.69, 9.17) is 9.40 Å². The number of hydrogen-bond acceptors (Lipinski definition) is 4. The number of pyridine rings is 3. The molecule has 4 heterocycles. The molecular formula is C43H27N3O. The molecule has 4 aromatic heterocycles. The summed E-state index contributed by atoms with van der Waals surface area (Å²) in [6.07, 6.45) is 3.60. The van der Waals surface area contributed by atoms with E-state index < -0.39 is 0 Å². The fraction of sp³-hybridized carbons (Fsp3) is 0. The minimum Gasteiger partial charge on any atom is -0.455 e. The molecule has 0 atom stereocenters. The summed E-state index contributed by atoms with van der Waals surface area (Å²) in [7, 11) is 0. The van der Waals surface area contributed by atoms with Crippen molar-refractivity contribution in [1.29, 1.82) is 0 Å². The third kappa shape index (κ3) is 4.75. The summed E-state index contributed by atoms with van der Waals surface area (Å²) < 4.78 is 6.57. The number of furan rings is 1. The molecule has 5 aromatic carbocycles. The highest BCUT2D eigenvalue weighted by Crippen LogP contribution is 2.43. The van der Waals surface area contributed by atoms with Crippen molar-refractivity contribution < 1.29 is 4.42 Å². The number of nitrogens with zero attached hydrogens (tertiary/aromatic N) is 3. The molecule has 0 fully saturated rings. The van der Waals surface area contributed by atoms with Crippen LogP contribution in [-0.4, -0.2) is 15.0 Å². The van der Waals surface area contributed by atoms with Crippen LogP contribution >= 0.6 is 0 Å². The van der Waals surface area contributed by atoms with Gasteiger partial charge in [-0.2, -0.15) is 0 Å². The van der Waals surface area contributed by atoms with Gasteiger partial charge >= 0.3 is 0 Å². The second-order valence-electron chi connectivity index (χ2n) is 11.6. The molecule has 4 nitrogen and oxygen atoms in total. The topological polar surface area (TPSA) is 51.8 Å². The molecule has 0 saturated heterocycles. The first-order chi connectivity index (χ1) is 23.3. The smallest absolute Gasteiger partial charge is 0.143 e. The highest BCUT2D eigenvalue weighted by Gasteiger charge is 2.18. The van der Waals surface area contributed by atoms with Gasteiger partial charge in [0.25, 0.3) is 0 Å². The summed E-state index contributed by atoms with van der Waals surface area (Å²) in [5, 5.41) is 4.52. The molecule has 0 aliphatic rings. The molecule has 47 heavy (non-hydrogen) atoms. The van der Waals surface area contributed by atoms with Crippen LogP contribution in [0.4, 0.5) is 0 Å². The molecule has 0 spiro atoms. The summed E-state index contributed by atoms with van der Waals surface area (Å²) in [6, 6.07) is 52.5. The first-order valence-corrected chi connectivity index (χ1v) is 15.7. The lowest BCUT2D eigenvalue weighted by molar-refractivity contribution is 0.673. The monoisotopic (exact) mass is 601 g/mol. The minimum atomic E-state index is 0.810. The number of benzene rings is 5. The van der Waals surface area contributed by atoms with Crippen LogP contribution in [0.25, 0.3) is 88.9 Å². The zero-order valence-corrected chi connectivity index (χ0v) is 25.3. The van der Waals surface area contributed by atoms with Gasteiger partial charge in [-0.05, 0) is 87.3 Å². The Hall–Kier alpha value is -6.39. The first kappa shape index (κ1) is 27.0. The first-order valence-electron chi connectivity index (χ1n) is 15.7. The molecule has 4 heteroatoms. The molecule has 0 unspecified atom stereocenters. The highest BCUT2D eigenvalue weighted by atomic mass is 16.3. The Morgan fingerprint density at radius 2 is 1.00 bits per heavy atom. The van der Waals surface area contributed by atoms with Gasteiger partial charge in [-0.1, -0.05) is 103 Å². The predicted octanol–water partition coefficient (Wildman–Crippen LogP) is 11.3. The predicted molar refractivity (Wildman–Crippen MR) is 192 cm³/mol. The average molecular weight is 602 g/mol. The highest BCUT2D eigenvalue weighted by molar-refractivity contribution is 6.22. The van der Waals surface area contributed by atoms with Crippen molar-refractivity contribution in [1.82, 2.24) is 15.0 Å². The Morgan fingerprint density at radius 3 is 1.68 bits per heavy atom. The third-order valence-corrected chi connectivity index (χ3v) is 8.80. The summed E-state index contributed by atoms with van der Waals surface area (Å²) >= 11 is 0. The van der Waals surface area contributed by atoms with Crippen LogP contribution < -0.4 is 0 Å². The second-order valence-corrected chi connectivity index (χ2v) is 11.6. The number of aromatic nitrogens is 3. The lowest BCUT2D eigenvalue weighted by Crippen LogP contribution is -1.94. The van der Waals surface area contributed by atoms with Crippen molar-refractivity contribution in [2.24, 2.45) is 0 Å². The van der Waals surface area contributed by atoms with Gasteiger partial charge in [0.2, 0.25) is 0 Å². The van der Waals surface area contributed by atoms with Crippen LogP contribution in [0.1, 0.15) is 0 Å². The fourth-order valence-corrected chi connectivity index (χ4v) is 6.58. The van der Waals surface area contributed by atoms with E-state index >= 15 is 0 Å². The summed E-state index contributed by atoms with van der Waals surface area (Å²) in [5.41, 5.74) is 11.9. The Kier molecular flexibility index (Phi) is 6.43. The van der Waals surface area contributed by atoms with Gasteiger partial charge in [0.05, 0.1) is 22.8 Å². The van der Waals surface area contributed by atoms with Crippen molar-refractivity contribution in [2.75, 3.05) is 0 Å². The zero-order chi connectivity index (χ0) is 31.2. The largest absolute Gasteiger partial charge is 0.455 e. The molecule has 0 saturated carbocycles. The zero-order valence-electron chi connectivity index (χ0n) is 25.3. The van der Waals surface area contributed by atoms with Crippen molar-refractivity contribution in [3.8, 4) is 56.2 Å². The van der Waals surface area contributed by atoms with Crippen LogP contribution in [0.5, 0.6) is 0 Å². The van der Waals surface area contributed by atoms with Gasteiger partial charge in [-0.3, -0.25) is 9.97 Å². The maximum atomic E-state index is 6.57. The molecular weight excluding hydrogens is 574 g/mol. The lowest BCUT2D eigenvalue weighted by Gasteiger charge is -2.12. The molecule has 9 aromatic rings. The third-order valence-electron chi connectivity index (χ3n) is 8.80. The van der Waals surface area contributed by atoms with Gasteiger partial charge in [0, 0.05) is 28.6 Å². The normalized spacial score (nSPS) is 11.4. The lowest BCUT2D eigenvalue weighted by atomic mass is 9.92. The van der Waals surface area contributed by atoms with Crippen molar-refractivity contribution in [3.63, 3.8) is 0 Å². The van der Waals surface area contributed by atoms with Gasteiger partial charge in [0.1, 0.15) is 11.2 Å². The SMILES string of the molecule is c1ccc(-c2cccc3oc4c5ccccc5c(-c5ccc(-c6cc(-c7ccccn7)nc(-c7ccccn7)c6)cc5)cc4c23)cc1. The second kappa shape index (κ2) is 11.2. The molecule has 220 valence electrons. The van der Waals surface area contributed by atoms with E-state index in [2.05, 4.69) is 125 Å².